The Morgan fingerprint density at radius 3 is 2.71 bits per heavy atom. The first-order valence-corrected chi connectivity index (χ1v) is 8.47. The molecule has 2 N–H and O–H groups in total. The van der Waals surface area contributed by atoms with Gasteiger partial charge in [-0.2, -0.15) is 0 Å². The molecule has 1 saturated carbocycles. The van der Waals surface area contributed by atoms with Crippen molar-refractivity contribution in [1.29, 1.82) is 0 Å². The number of rotatable bonds is 4. The fraction of sp³-hybridized carbons (Fsp3) is 0.688. The summed E-state index contributed by atoms with van der Waals surface area (Å²) in [6.07, 6.45) is 2.79. The van der Waals surface area contributed by atoms with E-state index in [9.17, 15) is 4.79 Å². The molecule has 2 unspecified atom stereocenters. The highest BCUT2D eigenvalue weighted by atomic mass is 32.1. The maximum atomic E-state index is 11.8. The number of thiophene rings is 1. The lowest BCUT2D eigenvalue weighted by molar-refractivity contribution is 0.0505. The number of aryl methyl sites for hydroxylation is 1. The van der Waals surface area contributed by atoms with E-state index in [1.807, 2.05) is 20.8 Å². The van der Waals surface area contributed by atoms with Crippen molar-refractivity contribution >= 4 is 17.4 Å². The monoisotopic (exact) mass is 310 g/mol. The molecule has 1 amide bonds. The summed E-state index contributed by atoms with van der Waals surface area (Å²) in [5.74, 6) is 0. The van der Waals surface area contributed by atoms with E-state index in [2.05, 4.69) is 29.0 Å². The molecule has 21 heavy (non-hydrogen) atoms. The minimum absolute atomic E-state index is 0.224. The van der Waals surface area contributed by atoms with Crippen LogP contribution in [0.5, 0.6) is 0 Å². The van der Waals surface area contributed by atoms with Gasteiger partial charge in [-0.05, 0) is 64.0 Å². The van der Waals surface area contributed by atoms with Crippen LogP contribution in [-0.4, -0.2) is 23.8 Å². The van der Waals surface area contributed by atoms with E-state index >= 15 is 0 Å². The van der Waals surface area contributed by atoms with Crippen LogP contribution >= 0.6 is 11.3 Å². The van der Waals surface area contributed by atoms with Gasteiger partial charge in [0.1, 0.15) is 5.60 Å². The van der Waals surface area contributed by atoms with Crippen LogP contribution in [0.4, 0.5) is 4.79 Å². The van der Waals surface area contributed by atoms with Crippen LogP contribution in [0, 0.1) is 6.92 Å². The van der Waals surface area contributed by atoms with Gasteiger partial charge in [0.2, 0.25) is 0 Å². The fourth-order valence-electron chi connectivity index (χ4n) is 2.59. The first-order chi connectivity index (χ1) is 9.83. The number of alkyl carbamates (subject to hydrolysis) is 1. The van der Waals surface area contributed by atoms with Gasteiger partial charge < -0.3 is 15.4 Å². The molecule has 0 aromatic carbocycles. The Labute approximate surface area is 131 Å². The molecule has 118 valence electrons. The van der Waals surface area contributed by atoms with Crippen LogP contribution < -0.4 is 10.6 Å². The molecule has 1 aliphatic rings. The van der Waals surface area contributed by atoms with E-state index < -0.39 is 5.60 Å². The third-order valence-electron chi connectivity index (χ3n) is 3.67. The lowest BCUT2D eigenvalue weighted by Crippen LogP contribution is -2.38. The summed E-state index contributed by atoms with van der Waals surface area (Å²) in [4.78, 5) is 13.2. The third-order valence-corrected chi connectivity index (χ3v) is 4.70. The van der Waals surface area contributed by atoms with E-state index in [-0.39, 0.29) is 12.1 Å². The summed E-state index contributed by atoms with van der Waals surface area (Å²) in [6.45, 7) is 8.72. The molecular weight excluding hydrogens is 284 g/mol. The van der Waals surface area contributed by atoms with Gasteiger partial charge in [-0.1, -0.05) is 0 Å². The molecule has 0 aliphatic heterocycles. The zero-order valence-corrected chi connectivity index (χ0v) is 14.2. The number of hydrogen-bond donors (Lipinski definition) is 2. The van der Waals surface area contributed by atoms with E-state index in [0.29, 0.717) is 6.04 Å². The molecule has 1 fully saturated rings. The van der Waals surface area contributed by atoms with Gasteiger partial charge in [-0.25, -0.2) is 4.79 Å². The van der Waals surface area contributed by atoms with Gasteiger partial charge in [0.25, 0.3) is 0 Å². The number of ether oxygens (including phenoxy) is 1. The lowest BCUT2D eigenvalue weighted by Gasteiger charge is -2.21. The summed E-state index contributed by atoms with van der Waals surface area (Å²) in [7, 11) is 0. The van der Waals surface area contributed by atoms with Crippen LogP contribution in [0.2, 0.25) is 0 Å². The van der Waals surface area contributed by atoms with Gasteiger partial charge in [0.05, 0.1) is 0 Å². The highest BCUT2D eigenvalue weighted by Gasteiger charge is 2.27. The smallest absolute Gasteiger partial charge is 0.407 e. The van der Waals surface area contributed by atoms with Crippen LogP contribution in [-0.2, 0) is 11.3 Å². The minimum Gasteiger partial charge on any atom is -0.444 e. The molecule has 0 radical (unpaired) electrons. The number of hydrogen-bond acceptors (Lipinski definition) is 4. The Bertz CT molecular complexity index is 479. The average Bonchev–Trinajstić information content (AvgIpc) is 2.93. The normalized spacial score (nSPS) is 22.3. The molecule has 1 heterocycles. The summed E-state index contributed by atoms with van der Waals surface area (Å²) in [6, 6.07) is 2.86. The highest BCUT2D eigenvalue weighted by molar-refractivity contribution is 7.10. The van der Waals surface area contributed by atoms with Crippen molar-refractivity contribution < 1.29 is 9.53 Å². The number of carbonyl (C=O) groups is 1. The quantitative estimate of drug-likeness (QED) is 0.893. The van der Waals surface area contributed by atoms with Crippen molar-refractivity contribution in [2.75, 3.05) is 0 Å². The molecule has 1 aromatic rings. The molecule has 2 atom stereocenters. The van der Waals surface area contributed by atoms with E-state index in [0.717, 1.165) is 25.8 Å². The van der Waals surface area contributed by atoms with Gasteiger partial charge >= 0.3 is 6.09 Å². The largest absolute Gasteiger partial charge is 0.444 e. The fourth-order valence-corrected chi connectivity index (χ4v) is 3.45. The Hall–Kier alpha value is -1.07. The van der Waals surface area contributed by atoms with Crippen LogP contribution in [0.3, 0.4) is 0 Å². The molecule has 0 spiro atoms. The van der Waals surface area contributed by atoms with E-state index in [4.69, 9.17) is 4.74 Å². The number of nitrogens with one attached hydrogen (secondary N) is 2. The Morgan fingerprint density at radius 1 is 1.38 bits per heavy atom. The van der Waals surface area contributed by atoms with Gasteiger partial charge in [0.15, 0.2) is 0 Å². The first-order valence-electron chi connectivity index (χ1n) is 7.59. The number of amides is 1. The topological polar surface area (TPSA) is 50.4 Å². The van der Waals surface area contributed by atoms with Crippen molar-refractivity contribution in [3.8, 4) is 0 Å². The SMILES string of the molecule is Cc1ccsc1CNC1CCC(NC(=O)OC(C)(C)C)C1. The van der Waals surface area contributed by atoms with Crippen LogP contribution in [0.1, 0.15) is 50.5 Å². The van der Waals surface area contributed by atoms with E-state index in [1.165, 1.54) is 10.4 Å². The maximum absolute atomic E-state index is 11.8. The van der Waals surface area contributed by atoms with Gasteiger partial charge in [-0.15, -0.1) is 11.3 Å². The predicted molar refractivity (Wildman–Crippen MR) is 86.7 cm³/mol. The molecule has 5 heteroatoms. The molecular formula is C16H26N2O2S. The third kappa shape index (κ3) is 5.32. The molecule has 1 aliphatic carbocycles. The van der Waals surface area contributed by atoms with Crippen molar-refractivity contribution in [2.24, 2.45) is 0 Å². The zero-order valence-electron chi connectivity index (χ0n) is 13.4. The average molecular weight is 310 g/mol. The van der Waals surface area contributed by atoms with E-state index in [1.54, 1.807) is 11.3 Å². The Balaban J connectivity index is 1.71. The second-order valence-electron chi connectivity index (χ2n) is 6.76. The summed E-state index contributed by atoms with van der Waals surface area (Å²) in [5.41, 5.74) is 0.922. The molecule has 4 nitrogen and oxygen atoms in total. The second-order valence-corrected chi connectivity index (χ2v) is 7.76. The Kier molecular flexibility index (Phi) is 5.27. The molecule has 1 aromatic heterocycles. The summed E-state index contributed by atoms with van der Waals surface area (Å²) >= 11 is 1.80. The summed E-state index contributed by atoms with van der Waals surface area (Å²) < 4.78 is 5.30. The second kappa shape index (κ2) is 6.79. The van der Waals surface area contributed by atoms with Crippen molar-refractivity contribution in [1.82, 2.24) is 10.6 Å². The van der Waals surface area contributed by atoms with Crippen LogP contribution in [0.25, 0.3) is 0 Å². The van der Waals surface area contributed by atoms with Crippen molar-refractivity contribution in [3.63, 3.8) is 0 Å². The minimum atomic E-state index is -0.433. The lowest BCUT2D eigenvalue weighted by atomic mass is 10.2. The van der Waals surface area contributed by atoms with Gasteiger partial charge in [0, 0.05) is 23.5 Å². The van der Waals surface area contributed by atoms with Crippen molar-refractivity contribution in [3.05, 3.63) is 21.9 Å². The maximum Gasteiger partial charge on any atom is 0.407 e. The first kappa shape index (κ1) is 16.3. The zero-order chi connectivity index (χ0) is 15.5. The van der Waals surface area contributed by atoms with Crippen LogP contribution in [0.15, 0.2) is 11.4 Å². The molecule has 2 rings (SSSR count). The standard InChI is InChI=1S/C16H26N2O2S/c1-11-7-8-21-14(11)10-17-12-5-6-13(9-12)18-15(19)20-16(2,3)4/h7-8,12-13,17H,5-6,9-10H2,1-4H3,(H,18,19). The Morgan fingerprint density at radius 2 is 2.10 bits per heavy atom. The molecule has 0 bridgehead atoms. The predicted octanol–water partition coefficient (Wildman–Crippen LogP) is 3.59. The van der Waals surface area contributed by atoms with Gasteiger partial charge in [-0.3, -0.25) is 0 Å². The molecule has 0 saturated heterocycles. The number of carbonyl (C=O) groups excluding carboxylic acids is 1. The summed E-state index contributed by atoms with van der Waals surface area (Å²) in [5, 5.41) is 8.70. The highest BCUT2D eigenvalue weighted by Crippen LogP contribution is 2.22. The van der Waals surface area contributed by atoms with Crippen molar-refractivity contribution in [2.45, 2.75) is 71.2 Å².